The number of allylic oxidation sites excluding steroid dienone is 4. The molecule has 0 unspecified atom stereocenters. The topological polar surface area (TPSA) is 26.0 Å². The zero-order chi connectivity index (χ0) is 9.02. The summed E-state index contributed by atoms with van der Waals surface area (Å²) in [5.74, 6) is 0. The lowest BCUT2D eigenvalue weighted by Gasteiger charge is -2.01. The van der Waals surface area contributed by atoms with E-state index in [0.717, 1.165) is 5.57 Å². The second-order valence-electron chi connectivity index (χ2n) is 2.69. The Balaban J connectivity index is 4.63. The fourth-order valence-corrected chi connectivity index (χ4v) is 0.839. The highest BCUT2D eigenvalue weighted by atomic mass is 35.5. The van der Waals surface area contributed by atoms with Gasteiger partial charge in [-0.05, 0) is 32.4 Å². The molecule has 0 fully saturated rings. The van der Waals surface area contributed by atoms with Crippen LogP contribution in [0.15, 0.2) is 34.5 Å². The van der Waals surface area contributed by atoms with E-state index in [1.807, 2.05) is 20.8 Å². The van der Waals surface area contributed by atoms with E-state index >= 15 is 0 Å². The maximum atomic E-state index is 5.88. The molecule has 0 rings (SSSR count). The van der Waals surface area contributed by atoms with Crippen LogP contribution in [0.1, 0.15) is 20.8 Å². The van der Waals surface area contributed by atoms with Crippen LogP contribution in [-0.4, -0.2) is 0 Å². The molecule has 0 aromatic carbocycles. The quantitative estimate of drug-likeness (QED) is 0.636. The molecule has 0 aromatic rings. The second kappa shape index (κ2) is 4.24. The summed E-state index contributed by atoms with van der Waals surface area (Å²) in [5.41, 5.74) is 8.08. The molecule has 0 saturated carbocycles. The molecule has 2 N–H and O–H groups in total. The summed E-state index contributed by atoms with van der Waals surface area (Å²) in [5, 5.41) is 0.664. The van der Waals surface area contributed by atoms with Crippen LogP contribution >= 0.6 is 11.6 Å². The molecule has 0 aromatic heterocycles. The van der Waals surface area contributed by atoms with Gasteiger partial charge in [0.15, 0.2) is 0 Å². The van der Waals surface area contributed by atoms with E-state index in [4.69, 9.17) is 17.3 Å². The minimum absolute atomic E-state index is 0.482. The number of nitrogens with two attached hydrogens (primary N) is 1. The Morgan fingerprint density at radius 1 is 1.36 bits per heavy atom. The summed E-state index contributed by atoms with van der Waals surface area (Å²) in [4.78, 5) is 0. The summed E-state index contributed by atoms with van der Waals surface area (Å²) in [7, 11) is 0. The van der Waals surface area contributed by atoms with Crippen LogP contribution in [0, 0.1) is 0 Å². The molecule has 11 heavy (non-hydrogen) atoms. The van der Waals surface area contributed by atoms with Gasteiger partial charge in [-0.15, -0.1) is 0 Å². The fourth-order valence-electron chi connectivity index (χ4n) is 0.510. The average molecular weight is 172 g/mol. The molecule has 0 radical (unpaired) electrons. The maximum absolute atomic E-state index is 5.88. The van der Waals surface area contributed by atoms with Crippen LogP contribution in [0.5, 0.6) is 0 Å². The van der Waals surface area contributed by atoms with E-state index in [-0.39, 0.29) is 0 Å². The summed E-state index contributed by atoms with van der Waals surface area (Å²) in [6, 6.07) is 0. The van der Waals surface area contributed by atoms with Crippen LogP contribution in [0.4, 0.5) is 0 Å². The van der Waals surface area contributed by atoms with Gasteiger partial charge < -0.3 is 5.73 Å². The highest BCUT2D eigenvalue weighted by Crippen LogP contribution is 2.18. The molecule has 0 heterocycles. The van der Waals surface area contributed by atoms with Crippen LogP contribution < -0.4 is 5.73 Å². The van der Waals surface area contributed by atoms with Crippen molar-refractivity contribution in [3.63, 3.8) is 0 Å². The molecule has 62 valence electrons. The van der Waals surface area contributed by atoms with E-state index in [1.165, 1.54) is 5.57 Å². The highest BCUT2D eigenvalue weighted by Gasteiger charge is 1.96. The molecule has 0 spiro atoms. The van der Waals surface area contributed by atoms with Gasteiger partial charge in [0.05, 0.1) is 0 Å². The van der Waals surface area contributed by atoms with Gasteiger partial charge in [-0.3, -0.25) is 0 Å². The van der Waals surface area contributed by atoms with Crippen molar-refractivity contribution in [3.8, 4) is 0 Å². The molecule has 1 nitrogen and oxygen atoms in total. The van der Waals surface area contributed by atoms with Crippen molar-refractivity contribution in [2.24, 2.45) is 5.73 Å². The third kappa shape index (κ3) is 3.89. The Kier molecular flexibility index (Phi) is 3.98. The van der Waals surface area contributed by atoms with Crippen LogP contribution in [0.2, 0.25) is 0 Å². The largest absolute Gasteiger partial charge is 0.399 e. The van der Waals surface area contributed by atoms with Gasteiger partial charge in [0.25, 0.3) is 0 Å². The van der Waals surface area contributed by atoms with Crippen molar-refractivity contribution in [1.29, 1.82) is 0 Å². The van der Waals surface area contributed by atoms with Gasteiger partial charge in [0.1, 0.15) is 0 Å². The first-order valence-electron chi connectivity index (χ1n) is 3.41. The van der Waals surface area contributed by atoms with Crippen molar-refractivity contribution in [3.05, 3.63) is 34.5 Å². The van der Waals surface area contributed by atoms with Crippen LogP contribution in [0.25, 0.3) is 0 Å². The van der Waals surface area contributed by atoms with Crippen molar-refractivity contribution in [2.75, 3.05) is 0 Å². The Hall–Kier alpha value is -0.690. The number of halogens is 1. The zero-order valence-corrected chi connectivity index (χ0v) is 8.00. The fraction of sp³-hybridized carbons (Fsp3) is 0.333. The Labute approximate surface area is 73.2 Å². The second-order valence-corrected chi connectivity index (χ2v) is 3.10. The molecule has 0 saturated heterocycles. The van der Waals surface area contributed by atoms with Gasteiger partial charge in [-0.2, -0.15) is 0 Å². The SMILES string of the molecule is C=C(N)/C=C(/Cl)C(C)=C(C)C. The summed E-state index contributed by atoms with van der Waals surface area (Å²) >= 11 is 5.88. The molecule has 0 aliphatic rings. The Morgan fingerprint density at radius 2 is 1.82 bits per heavy atom. The van der Waals surface area contributed by atoms with E-state index in [9.17, 15) is 0 Å². The highest BCUT2D eigenvalue weighted by molar-refractivity contribution is 6.32. The van der Waals surface area contributed by atoms with Gasteiger partial charge in [-0.25, -0.2) is 0 Å². The molecule has 0 aliphatic heterocycles. The van der Waals surface area contributed by atoms with E-state index in [1.54, 1.807) is 6.08 Å². The summed E-state index contributed by atoms with van der Waals surface area (Å²) in [6.07, 6.45) is 1.66. The number of hydrogen-bond acceptors (Lipinski definition) is 1. The Bertz CT molecular complexity index is 220. The lowest BCUT2D eigenvalue weighted by Crippen LogP contribution is -1.91. The van der Waals surface area contributed by atoms with Gasteiger partial charge in [-0.1, -0.05) is 23.8 Å². The molecule has 0 bridgehead atoms. The molecule has 0 amide bonds. The maximum Gasteiger partial charge on any atom is 0.0454 e. The lowest BCUT2D eigenvalue weighted by atomic mass is 10.1. The number of rotatable bonds is 2. The molecule has 0 aliphatic carbocycles. The smallest absolute Gasteiger partial charge is 0.0454 e. The third-order valence-corrected chi connectivity index (χ3v) is 1.81. The van der Waals surface area contributed by atoms with E-state index < -0.39 is 0 Å². The standard InChI is InChI=1S/C9H14ClN/c1-6(2)8(4)9(10)5-7(3)11/h5H,3,11H2,1-2,4H3/b9-5+. The first-order valence-corrected chi connectivity index (χ1v) is 3.79. The first kappa shape index (κ1) is 10.3. The lowest BCUT2D eigenvalue weighted by molar-refractivity contribution is 1.27. The minimum atomic E-state index is 0.482. The van der Waals surface area contributed by atoms with Gasteiger partial charge in [0, 0.05) is 10.7 Å². The van der Waals surface area contributed by atoms with Crippen molar-refractivity contribution < 1.29 is 0 Å². The molecule has 0 atom stereocenters. The van der Waals surface area contributed by atoms with Crippen molar-refractivity contribution >= 4 is 11.6 Å². The van der Waals surface area contributed by atoms with E-state index in [0.29, 0.717) is 10.7 Å². The van der Waals surface area contributed by atoms with Crippen LogP contribution in [0.3, 0.4) is 0 Å². The van der Waals surface area contributed by atoms with Crippen LogP contribution in [-0.2, 0) is 0 Å². The summed E-state index contributed by atoms with van der Waals surface area (Å²) in [6.45, 7) is 9.50. The van der Waals surface area contributed by atoms with Gasteiger partial charge >= 0.3 is 0 Å². The first-order chi connectivity index (χ1) is 4.95. The monoisotopic (exact) mass is 171 g/mol. The molecular weight excluding hydrogens is 158 g/mol. The minimum Gasteiger partial charge on any atom is -0.399 e. The van der Waals surface area contributed by atoms with Crippen molar-refractivity contribution in [1.82, 2.24) is 0 Å². The zero-order valence-electron chi connectivity index (χ0n) is 7.24. The predicted octanol–water partition coefficient (Wildman–Crippen LogP) is 2.94. The Morgan fingerprint density at radius 3 is 2.09 bits per heavy atom. The molecule has 2 heteroatoms. The average Bonchev–Trinajstić information content (AvgIpc) is 1.84. The molecular formula is C9H14ClN. The third-order valence-electron chi connectivity index (χ3n) is 1.42. The summed E-state index contributed by atoms with van der Waals surface area (Å²) < 4.78 is 0. The van der Waals surface area contributed by atoms with Gasteiger partial charge in [0.2, 0.25) is 0 Å². The van der Waals surface area contributed by atoms with Crippen molar-refractivity contribution in [2.45, 2.75) is 20.8 Å². The normalized spacial score (nSPS) is 11.1. The predicted molar refractivity (Wildman–Crippen MR) is 51.3 cm³/mol. The van der Waals surface area contributed by atoms with E-state index in [2.05, 4.69) is 6.58 Å². The number of hydrogen-bond donors (Lipinski definition) is 1.